The maximum Gasteiger partial charge on any atom is 0.221 e. The number of hydrogen-bond donors (Lipinski definition) is 2. The van der Waals surface area contributed by atoms with E-state index in [9.17, 15) is 4.79 Å². The number of nitrogens with one attached hydrogen (secondary N) is 2. The molecular formula is C29H42N8O. The highest BCUT2D eigenvalue weighted by Crippen LogP contribution is 2.53. The Balaban J connectivity index is 1.15. The van der Waals surface area contributed by atoms with Gasteiger partial charge in [0.05, 0.1) is 23.0 Å². The van der Waals surface area contributed by atoms with Crippen LogP contribution in [0.1, 0.15) is 74.5 Å². The molecule has 9 heteroatoms. The molecule has 2 N–H and O–H groups in total. The van der Waals surface area contributed by atoms with Gasteiger partial charge in [-0.15, -0.1) is 0 Å². The van der Waals surface area contributed by atoms with E-state index >= 15 is 0 Å². The van der Waals surface area contributed by atoms with Gasteiger partial charge >= 0.3 is 0 Å². The molecule has 3 aromatic rings. The minimum atomic E-state index is 0.0192. The zero-order valence-electron chi connectivity index (χ0n) is 23.4. The number of nitrogens with zero attached hydrogens (tertiary/aromatic N) is 6. The van der Waals surface area contributed by atoms with Gasteiger partial charge in [0.2, 0.25) is 5.91 Å². The molecule has 0 spiro atoms. The zero-order valence-corrected chi connectivity index (χ0v) is 23.4. The fraction of sp³-hybridized carbons (Fsp3) is 0.655. The van der Waals surface area contributed by atoms with E-state index < -0.39 is 0 Å². The number of hydrogen-bond acceptors (Lipinski definition) is 6. The Bertz CT molecular complexity index is 1330. The first-order chi connectivity index (χ1) is 18.3. The van der Waals surface area contributed by atoms with Crippen LogP contribution in [0.25, 0.3) is 11.0 Å². The molecule has 0 atom stereocenters. The molecule has 4 heterocycles. The molecule has 204 valence electrons. The minimum absolute atomic E-state index is 0.0192. The maximum atomic E-state index is 12.5. The fourth-order valence-electron chi connectivity index (χ4n) is 7.22. The van der Waals surface area contributed by atoms with Crippen molar-refractivity contribution in [1.29, 1.82) is 0 Å². The van der Waals surface area contributed by atoms with Gasteiger partial charge in [0.15, 0.2) is 5.65 Å². The van der Waals surface area contributed by atoms with Crippen LogP contribution in [0.15, 0.2) is 12.3 Å². The summed E-state index contributed by atoms with van der Waals surface area (Å²) in [6, 6.07) is 2.20. The first-order valence-corrected chi connectivity index (χ1v) is 14.4. The highest BCUT2D eigenvalue weighted by atomic mass is 16.1. The van der Waals surface area contributed by atoms with E-state index in [-0.39, 0.29) is 11.4 Å². The van der Waals surface area contributed by atoms with Gasteiger partial charge in [0.25, 0.3) is 0 Å². The Kier molecular flexibility index (Phi) is 6.45. The Labute approximate surface area is 225 Å². The van der Waals surface area contributed by atoms with E-state index in [0.717, 1.165) is 80.8 Å². The number of fused-ring (bicyclic) bond motifs is 5. The third-order valence-corrected chi connectivity index (χ3v) is 9.56. The van der Waals surface area contributed by atoms with Gasteiger partial charge in [-0.2, -0.15) is 10.2 Å². The molecule has 0 saturated heterocycles. The molecule has 3 fully saturated rings. The Morgan fingerprint density at radius 3 is 2.63 bits per heavy atom. The molecule has 0 radical (unpaired) electrons. The molecule has 0 aromatic carbocycles. The van der Waals surface area contributed by atoms with Crippen molar-refractivity contribution >= 4 is 22.6 Å². The fourth-order valence-corrected chi connectivity index (χ4v) is 7.22. The minimum Gasteiger partial charge on any atom is -0.366 e. The molecule has 2 bridgehead atoms. The molecule has 9 nitrogen and oxygen atoms in total. The van der Waals surface area contributed by atoms with Crippen molar-refractivity contribution in [2.24, 2.45) is 12.5 Å². The van der Waals surface area contributed by atoms with Crippen LogP contribution in [0.2, 0.25) is 0 Å². The second kappa shape index (κ2) is 9.67. The van der Waals surface area contributed by atoms with Crippen LogP contribution >= 0.6 is 0 Å². The summed E-state index contributed by atoms with van der Waals surface area (Å²) >= 11 is 0. The van der Waals surface area contributed by atoms with Gasteiger partial charge in [-0.25, -0.2) is 4.98 Å². The average Bonchev–Trinajstić information content (AvgIpc) is 3.43. The number of aromatic nitrogens is 5. The van der Waals surface area contributed by atoms with Crippen molar-refractivity contribution in [3.05, 3.63) is 34.9 Å². The molecule has 3 aromatic heterocycles. The molecule has 3 aliphatic carbocycles. The van der Waals surface area contributed by atoms with Crippen LogP contribution < -0.4 is 15.5 Å². The molecule has 38 heavy (non-hydrogen) atoms. The molecule has 3 saturated carbocycles. The van der Waals surface area contributed by atoms with Gasteiger partial charge < -0.3 is 15.5 Å². The van der Waals surface area contributed by atoms with E-state index in [1.165, 1.54) is 36.2 Å². The van der Waals surface area contributed by atoms with E-state index in [1.807, 2.05) is 17.9 Å². The third-order valence-electron chi connectivity index (χ3n) is 9.56. The van der Waals surface area contributed by atoms with Crippen molar-refractivity contribution < 1.29 is 4.79 Å². The number of amides is 1. The van der Waals surface area contributed by atoms with E-state index in [4.69, 9.17) is 10.1 Å². The van der Waals surface area contributed by atoms with Crippen molar-refractivity contribution in [3.8, 4) is 0 Å². The van der Waals surface area contributed by atoms with Gasteiger partial charge in [-0.3, -0.25) is 14.2 Å². The summed E-state index contributed by atoms with van der Waals surface area (Å²) in [5.41, 5.74) is 7.47. The summed E-state index contributed by atoms with van der Waals surface area (Å²) in [4.78, 5) is 19.7. The summed E-state index contributed by atoms with van der Waals surface area (Å²) < 4.78 is 4.22. The zero-order chi connectivity index (χ0) is 26.5. The molecular weight excluding hydrogens is 476 g/mol. The summed E-state index contributed by atoms with van der Waals surface area (Å²) in [6.45, 7) is 10.8. The number of carbonyl (C=O) groups is 1. The number of anilines is 1. The average molecular weight is 519 g/mol. The van der Waals surface area contributed by atoms with Crippen molar-refractivity contribution in [2.45, 2.75) is 90.8 Å². The molecule has 1 amide bonds. The molecule has 0 unspecified atom stereocenters. The summed E-state index contributed by atoms with van der Waals surface area (Å²) in [6.07, 6.45) is 10.3. The highest BCUT2D eigenvalue weighted by molar-refractivity contribution is 5.89. The molecule has 4 aliphatic rings. The predicted molar refractivity (Wildman–Crippen MR) is 149 cm³/mol. The van der Waals surface area contributed by atoms with Gasteiger partial charge in [0.1, 0.15) is 0 Å². The normalized spacial score (nSPS) is 24.7. The van der Waals surface area contributed by atoms with E-state index in [1.54, 1.807) is 0 Å². The van der Waals surface area contributed by atoms with Crippen molar-refractivity contribution in [1.82, 2.24) is 35.2 Å². The summed E-state index contributed by atoms with van der Waals surface area (Å²) in [5.74, 6) is 0.203. The van der Waals surface area contributed by atoms with Crippen LogP contribution in [0.4, 0.5) is 5.69 Å². The van der Waals surface area contributed by atoms with Gasteiger partial charge in [-0.05, 0) is 70.4 Å². The second-order valence-electron chi connectivity index (χ2n) is 12.1. The monoisotopic (exact) mass is 518 g/mol. The lowest BCUT2D eigenvalue weighted by Crippen LogP contribution is -2.57. The highest BCUT2D eigenvalue weighted by Gasteiger charge is 2.49. The van der Waals surface area contributed by atoms with Crippen molar-refractivity contribution in [2.75, 3.05) is 24.5 Å². The van der Waals surface area contributed by atoms with Gasteiger partial charge in [-0.1, -0.05) is 6.92 Å². The Hall–Kier alpha value is -2.94. The Morgan fingerprint density at radius 2 is 1.89 bits per heavy atom. The van der Waals surface area contributed by atoms with Crippen LogP contribution in [0.3, 0.4) is 0 Å². The lowest BCUT2D eigenvalue weighted by Gasteiger charge is -2.53. The van der Waals surface area contributed by atoms with Crippen LogP contribution in [-0.4, -0.2) is 55.6 Å². The lowest BCUT2D eigenvalue weighted by molar-refractivity contribution is -0.125. The SMILES string of the molecule is CCNCCC(=O)NC12CCC(Cn3nc(C)c4c3CCN(c3cc(C)nc5c3cnn5C)C4)(CC1)CC2. The Morgan fingerprint density at radius 1 is 1.13 bits per heavy atom. The second-order valence-corrected chi connectivity index (χ2v) is 12.1. The number of rotatable bonds is 8. The largest absolute Gasteiger partial charge is 0.366 e. The summed E-state index contributed by atoms with van der Waals surface area (Å²) in [5, 5.41) is 17.4. The summed E-state index contributed by atoms with van der Waals surface area (Å²) in [7, 11) is 1.96. The quantitative estimate of drug-likeness (QED) is 0.443. The van der Waals surface area contributed by atoms with E-state index in [2.05, 4.69) is 52.2 Å². The number of aryl methyl sites for hydroxylation is 3. The third kappa shape index (κ3) is 4.48. The number of pyridine rings is 1. The first-order valence-electron chi connectivity index (χ1n) is 14.4. The predicted octanol–water partition coefficient (Wildman–Crippen LogP) is 3.55. The number of carbonyl (C=O) groups excluding carboxylic acids is 1. The topological polar surface area (TPSA) is 92.9 Å². The first kappa shape index (κ1) is 25.3. The van der Waals surface area contributed by atoms with Gasteiger partial charge in [0, 0.05) is 68.6 Å². The lowest BCUT2D eigenvalue weighted by atomic mass is 9.57. The van der Waals surface area contributed by atoms with E-state index in [0.29, 0.717) is 11.8 Å². The van der Waals surface area contributed by atoms with Crippen LogP contribution in [0.5, 0.6) is 0 Å². The van der Waals surface area contributed by atoms with Crippen LogP contribution in [-0.2, 0) is 31.4 Å². The standard InChI is InChI=1S/C29H42N8O/c1-5-30-14-6-26(38)33-29-11-8-28(9-12-29,10-13-29)19-37-24-7-15-36(18-23(24)21(3)34-37)25-16-20(2)32-27-22(25)17-31-35(27)4/h16-17,30H,5-15,18-19H2,1-4H3,(H,33,38). The molecule has 1 aliphatic heterocycles. The molecule has 7 rings (SSSR count). The maximum absolute atomic E-state index is 12.5. The smallest absolute Gasteiger partial charge is 0.221 e. The van der Waals surface area contributed by atoms with Crippen LogP contribution in [0, 0.1) is 19.3 Å². The van der Waals surface area contributed by atoms with Crippen molar-refractivity contribution in [3.63, 3.8) is 0 Å².